The van der Waals surface area contributed by atoms with E-state index in [1.807, 2.05) is 0 Å². The summed E-state index contributed by atoms with van der Waals surface area (Å²) in [6.07, 6.45) is 5.28. The minimum absolute atomic E-state index is 0.00163. The van der Waals surface area contributed by atoms with Gasteiger partial charge in [-0.1, -0.05) is 31.4 Å². The molecular weight excluding hydrogens is 408 g/mol. The molecule has 1 aliphatic heterocycles. The Bertz CT molecular complexity index is 851. The molecule has 30 heavy (non-hydrogen) atoms. The van der Waals surface area contributed by atoms with Crippen molar-refractivity contribution in [1.29, 1.82) is 0 Å². The van der Waals surface area contributed by atoms with Gasteiger partial charge in [0.1, 0.15) is 0 Å². The molecule has 1 aliphatic carbocycles. The smallest absolute Gasteiger partial charge is 0.340 e. The SMILES string of the molecule is O=C(OCC(=O)N(C1CCCCC1)[C@H]1CCS(=O)(=O)C1)c1ccccc1NCCO. The van der Waals surface area contributed by atoms with Crippen LogP contribution in [0.2, 0.25) is 0 Å². The van der Waals surface area contributed by atoms with Crippen molar-refractivity contribution in [3.63, 3.8) is 0 Å². The van der Waals surface area contributed by atoms with Crippen molar-refractivity contribution in [2.24, 2.45) is 0 Å². The Morgan fingerprint density at radius 3 is 2.50 bits per heavy atom. The van der Waals surface area contributed by atoms with Gasteiger partial charge in [-0.2, -0.15) is 0 Å². The number of hydrogen-bond acceptors (Lipinski definition) is 7. The Labute approximate surface area is 177 Å². The van der Waals surface area contributed by atoms with E-state index in [2.05, 4.69) is 5.32 Å². The first-order valence-electron chi connectivity index (χ1n) is 10.5. The molecule has 2 aliphatic rings. The van der Waals surface area contributed by atoms with Crippen LogP contribution in [0.4, 0.5) is 5.69 Å². The summed E-state index contributed by atoms with van der Waals surface area (Å²) >= 11 is 0. The van der Waals surface area contributed by atoms with Gasteiger partial charge in [0.2, 0.25) is 0 Å². The van der Waals surface area contributed by atoms with Crippen LogP contribution in [-0.4, -0.2) is 73.6 Å². The quantitative estimate of drug-likeness (QED) is 0.593. The van der Waals surface area contributed by atoms with Crippen LogP contribution < -0.4 is 5.32 Å². The third-order valence-corrected chi connectivity index (χ3v) is 7.51. The molecule has 0 spiro atoms. The van der Waals surface area contributed by atoms with Crippen LogP contribution in [0.1, 0.15) is 48.9 Å². The zero-order chi connectivity index (χ0) is 21.6. The lowest BCUT2D eigenvalue weighted by Gasteiger charge is -2.38. The summed E-state index contributed by atoms with van der Waals surface area (Å²) in [6, 6.07) is 6.40. The number of aliphatic hydroxyl groups is 1. The first kappa shape index (κ1) is 22.6. The number of aliphatic hydroxyl groups excluding tert-OH is 1. The van der Waals surface area contributed by atoms with Crippen LogP contribution >= 0.6 is 0 Å². The summed E-state index contributed by atoms with van der Waals surface area (Å²) in [5, 5.41) is 11.9. The molecule has 166 valence electrons. The Morgan fingerprint density at radius 1 is 1.10 bits per heavy atom. The molecule has 1 atom stereocenters. The number of para-hydroxylation sites is 1. The molecule has 1 saturated carbocycles. The number of rotatable bonds is 8. The van der Waals surface area contributed by atoms with Gasteiger partial charge in [0.15, 0.2) is 16.4 Å². The fourth-order valence-corrected chi connectivity index (χ4v) is 6.06. The molecule has 1 saturated heterocycles. The van der Waals surface area contributed by atoms with Gasteiger partial charge in [-0.3, -0.25) is 4.79 Å². The minimum Gasteiger partial charge on any atom is -0.452 e. The highest BCUT2D eigenvalue weighted by Gasteiger charge is 2.38. The lowest BCUT2D eigenvalue weighted by atomic mass is 9.93. The standard InChI is InChI=1S/C21H30N2O6S/c24-12-11-22-19-9-5-4-8-18(19)21(26)29-14-20(25)23(16-6-2-1-3-7-16)17-10-13-30(27,28)15-17/h4-5,8-9,16-17,22,24H,1-3,6-7,10-15H2/t17-/m0/s1. The predicted molar refractivity (Wildman–Crippen MR) is 113 cm³/mol. The van der Waals surface area contributed by atoms with Gasteiger partial charge in [0.05, 0.1) is 23.7 Å². The van der Waals surface area contributed by atoms with Crippen LogP contribution in [0, 0.1) is 0 Å². The molecule has 0 unspecified atom stereocenters. The minimum atomic E-state index is -3.13. The van der Waals surface area contributed by atoms with E-state index in [4.69, 9.17) is 9.84 Å². The van der Waals surface area contributed by atoms with Crippen LogP contribution in [0.25, 0.3) is 0 Å². The van der Waals surface area contributed by atoms with Gasteiger partial charge in [0.25, 0.3) is 5.91 Å². The fourth-order valence-electron chi connectivity index (χ4n) is 4.34. The number of ether oxygens (including phenoxy) is 1. The summed E-state index contributed by atoms with van der Waals surface area (Å²) in [4.78, 5) is 27.3. The van der Waals surface area contributed by atoms with Gasteiger partial charge in [-0.25, -0.2) is 13.2 Å². The van der Waals surface area contributed by atoms with E-state index in [0.29, 0.717) is 12.1 Å². The monoisotopic (exact) mass is 438 g/mol. The highest BCUT2D eigenvalue weighted by atomic mass is 32.2. The van der Waals surface area contributed by atoms with E-state index >= 15 is 0 Å². The number of nitrogens with one attached hydrogen (secondary N) is 1. The maximum atomic E-state index is 13.0. The third kappa shape index (κ3) is 5.72. The number of nitrogens with zero attached hydrogens (tertiary/aromatic N) is 1. The molecular formula is C21H30N2O6S. The second-order valence-electron chi connectivity index (χ2n) is 7.92. The number of hydrogen-bond donors (Lipinski definition) is 2. The highest BCUT2D eigenvalue weighted by molar-refractivity contribution is 7.91. The maximum absolute atomic E-state index is 13.0. The Balaban J connectivity index is 1.68. The topological polar surface area (TPSA) is 113 Å². The van der Waals surface area contributed by atoms with E-state index in [0.717, 1.165) is 32.1 Å². The van der Waals surface area contributed by atoms with Gasteiger partial charge in [-0.05, 0) is 31.4 Å². The largest absolute Gasteiger partial charge is 0.452 e. The number of anilines is 1. The molecule has 1 aromatic rings. The maximum Gasteiger partial charge on any atom is 0.340 e. The Kier molecular flexibility index (Phi) is 7.71. The van der Waals surface area contributed by atoms with E-state index in [9.17, 15) is 18.0 Å². The second kappa shape index (κ2) is 10.3. The Hall–Kier alpha value is -2.13. The molecule has 1 amide bonds. The molecule has 2 N–H and O–H groups in total. The summed E-state index contributed by atoms with van der Waals surface area (Å²) in [5.41, 5.74) is 0.807. The zero-order valence-electron chi connectivity index (χ0n) is 17.1. The van der Waals surface area contributed by atoms with Crippen molar-refractivity contribution in [2.75, 3.05) is 36.6 Å². The van der Waals surface area contributed by atoms with Crippen molar-refractivity contribution in [1.82, 2.24) is 4.90 Å². The normalized spacial score (nSPS) is 21.2. The van der Waals surface area contributed by atoms with E-state index in [1.165, 1.54) is 0 Å². The molecule has 1 aromatic carbocycles. The van der Waals surface area contributed by atoms with Gasteiger partial charge >= 0.3 is 5.97 Å². The molecule has 8 nitrogen and oxygen atoms in total. The van der Waals surface area contributed by atoms with E-state index in [1.54, 1.807) is 29.2 Å². The van der Waals surface area contributed by atoms with E-state index in [-0.39, 0.29) is 48.2 Å². The molecule has 3 rings (SSSR count). The first-order valence-corrected chi connectivity index (χ1v) is 12.4. The van der Waals surface area contributed by atoms with Gasteiger partial charge in [0, 0.05) is 24.3 Å². The molecule has 0 bridgehead atoms. The number of esters is 1. The number of carbonyl (C=O) groups excluding carboxylic acids is 2. The van der Waals surface area contributed by atoms with Crippen molar-refractivity contribution in [3.05, 3.63) is 29.8 Å². The summed E-state index contributed by atoms with van der Waals surface area (Å²) in [7, 11) is -3.13. The average molecular weight is 439 g/mol. The van der Waals surface area contributed by atoms with Gasteiger partial charge < -0.3 is 20.1 Å². The number of sulfone groups is 1. The lowest BCUT2D eigenvalue weighted by Crippen LogP contribution is -2.50. The van der Waals surface area contributed by atoms with E-state index < -0.39 is 22.4 Å². The molecule has 2 fully saturated rings. The number of amides is 1. The fraction of sp³-hybridized carbons (Fsp3) is 0.619. The van der Waals surface area contributed by atoms with Crippen LogP contribution in [0.5, 0.6) is 0 Å². The zero-order valence-corrected chi connectivity index (χ0v) is 17.9. The van der Waals surface area contributed by atoms with Crippen molar-refractivity contribution in [3.8, 4) is 0 Å². The molecule has 0 aromatic heterocycles. The summed E-state index contributed by atoms with van der Waals surface area (Å²) in [6.45, 7) is -0.211. The van der Waals surface area contributed by atoms with Crippen molar-refractivity contribution < 1.29 is 27.9 Å². The molecule has 1 heterocycles. The second-order valence-corrected chi connectivity index (χ2v) is 10.2. The third-order valence-electron chi connectivity index (χ3n) is 5.76. The highest BCUT2D eigenvalue weighted by Crippen LogP contribution is 2.28. The van der Waals surface area contributed by atoms with Crippen LogP contribution in [0.3, 0.4) is 0 Å². The van der Waals surface area contributed by atoms with Gasteiger partial charge in [-0.15, -0.1) is 0 Å². The van der Waals surface area contributed by atoms with Crippen molar-refractivity contribution >= 4 is 27.4 Å². The number of benzene rings is 1. The first-order chi connectivity index (χ1) is 14.4. The number of carbonyl (C=O) groups is 2. The summed E-state index contributed by atoms with van der Waals surface area (Å²) < 4.78 is 29.3. The van der Waals surface area contributed by atoms with Crippen LogP contribution in [-0.2, 0) is 19.4 Å². The van der Waals surface area contributed by atoms with Crippen molar-refractivity contribution in [2.45, 2.75) is 50.6 Å². The Morgan fingerprint density at radius 2 is 1.83 bits per heavy atom. The predicted octanol–water partition coefficient (Wildman–Crippen LogP) is 1.60. The molecule has 0 radical (unpaired) electrons. The lowest BCUT2D eigenvalue weighted by molar-refractivity contribution is -0.140. The molecule has 9 heteroatoms. The summed E-state index contributed by atoms with van der Waals surface area (Å²) in [5.74, 6) is -0.889. The average Bonchev–Trinajstić information content (AvgIpc) is 3.10. The van der Waals surface area contributed by atoms with Crippen LogP contribution in [0.15, 0.2) is 24.3 Å².